The van der Waals surface area contributed by atoms with Crippen molar-refractivity contribution >= 4 is 15.7 Å². The SMILES string of the molecule is CN1C[C@@H](NS(=O)(=O)c2ccco2)Cc2ccccc21. The van der Waals surface area contributed by atoms with Gasteiger partial charge in [-0.05, 0) is 30.2 Å². The predicted octanol–water partition coefficient (Wildman–Crippen LogP) is 1.62. The van der Waals surface area contributed by atoms with Crippen LogP contribution in [0.4, 0.5) is 5.69 Å². The fraction of sp³-hybridized carbons (Fsp3) is 0.286. The topological polar surface area (TPSA) is 62.6 Å². The Morgan fingerprint density at radius 3 is 2.80 bits per heavy atom. The van der Waals surface area contributed by atoms with Gasteiger partial charge in [0, 0.05) is 25.3 Å². The van der Waals surface area contributed by atoms with Crippen LogP contribution in [0.2, 0.25) is 0 Å². The van der Waals surface area contributed by atoms with Crippen LogP contribution in [-0.4, -0.2) is 28.1 Å². The second-order valence-corrected chi connectivity index (χ2v) is 6.61. The van der Waals surface area contributed by atoms with Crippen molar-refractivity contribution in [3.05, 3.63) is 48.2 Å². The molecule has 0 spiro atoms. The molecule has 1 aliphatic heterocycles. The Hall–Kier alpha value is -1.79. The van der Waals surface area contributed by atoms with Gasteiger partial charge in [0.2, 0.25) is 5.09 Å². The minimum Gasteiger partial charge on any atom is -0.452 e. The maximum absolute atomic E-state index is 12.2. The van der Waals surface area contributed by atoms with E-state index in [1.807, 2.05) is 31.3 Å². The molecule has 2 aromatic rings. The van der Waals surface area contributed by atoms with Crippen molar-refractivity contribution in [2.45, 2.75) is 17.6 Å². The second-order valence-electron chi connectivity index (χ2n) is 4.96. The highest BCUT2D eigenvalue weighted by atomic mass is 32.2. The molecule has 0 saturated heterocycles. The number of hydrogen-bond acceptors (Lipinski definition) is 4. The lowest BCUT2D eigenvalue weighted by molar-refractivity contribution is 0.439. The van der Waals surface area contributed by atoms with Gasteiger partial charge in [0.05, 0.1) is 6.26 Å². The summed E-state index contributed by atoms with van der Waals surface area (Å²) in [6, 6.07) is 10.9. The number of rotatable bonds is 3. The average Bonchev–Trinajstić information content (AvgIpc) is 2.93. The van der Waals surface area contributed by atoms with E-state index in [1.54, 1.807) is 6.07 Å². The first-order valence-corrected chi connectivity index (χ1v) is 7.89. The summed E-state index contributed by atoms with van der Waals surface area (Å²) in [5.74, 6) is 0. The van der Waals surface area contributed by atoms with Crippen LogP contribution in [0.5, 0.6) is 0 Å². The van der Waals surface area contributed by atoms with Crippen LogP contribution in [0.15, 0.2) is 52.2 Å². The van der Waals surface area contributed by atoms with E-state index in [0.29, 0.717) is 13.0 Å². The van der Waals surface area contributed by atoms with E-state index in [1.165, 1.54) is 12.3 Å². The molecule has 0 radical (unpaired) electrons. The molecule has 2 heterocycles. The molecule has 0 saturated carbocycles. The summed E-state index contributed by atoms with van der Waals surface area (Å²) in [5, 5.41) is -0.0426. The maximum atomic E-state index is 12.2. The van der Waals surface area contributed by atoms with Gasteiger partial charge in [-0.3, -0.25) is 0 Å². The highest BCUT2D eigenvalue weighted by Crippen LogP contribution is 2.26. The number of anilines is 1. The number of furan rings is 1. The lowest BCUT2D eigenvalue weighted by atomic mass is 9.99. The first-order chi connectivity index (χ1) is 9.56. The Morgan fingerprint density at radius 2 is 2.05 bits per heavy atom. The number of nitrogens with zero attached hydrogens (tertiary/aromatic N) is 1. The Bertz CT molecular complexity index is 695. The number of para-hydroxylation sites is 1. The van der Waals surface area contributed by atoms with E-state index in [0.717, 1.165) is 11.3 Å². The van der Waals surface area contributed by atoms with Crippen molar-refractivity contribution in [1.82, 2.24) is 4.72 Å². The monoisotopic (exact) mass is 292 g/mol. The lowest BCUT2D eigenvalue weighted by Gasteiger charge is -2.33. The molecule has 0 fully saturated rings. The van der Waals surface area contributed by atoms with E-state index in [2.05, 4.69) is 9.62 Å². The molecule has 0 aliphatic carbocycles. The average molecular weight is 292 g/mol. The van der Waals surface area contributed by atoms with Crippen molar-refractivity contribution in [2.24, 2.45) is 0 Å². The zero-order valence-electron chi connectivity index (χ0n) is 11.1. The van der Waals surface area contributed by atoms with Crippen LogP contribution in [0, 0.1) is 0 Å². The highest BCUT2D eigenvalue weighted by molar-refractivity contribution is 7.89. The summed E-state index contributed by atoms with van der Waals surface area (Å²) in [7, 11) is -1.62. The number of nitrogens with one attached hydrogen (secondary N) is 1. The van der Waals surface area contributed by atoms with Crippen LogP contribution >= 0.6 is 0 Å². The van der Waals surface area contributed by atoms with Crippen molar-refractivity contribution in [2.75, 3.05) is 18.5 Å². The quantitative estimate of drug-likeness (QED) is 0.934. The van der Waals surface area contributed by atoms with E-state index >= 15 is 0 Å². The standard InChI is InChI=1S/C14H16N2O3S/c1-16-10-12(9-11-5-2-3-6-13(11)16)15-20(17,18)14-7-4-8-19-14/h2-8,12,15H,9-10H2,1H3/t12-/m0/s1. The van der Waals surface area contributed by atoms with Gasteiger partial charge in [0.25, 0.3) is 10.0 Å². The fourth-order valence-electron chi connectivity index (χ4n) is 2.59. The van der Waals surface area contributed by atoms with Gasteiger partial charge in [-0.1, -0.05) is 18.2 Å². The molecular weight excluding hydrogens is 276 g/mol. The van der Waals surface area contributed by atoms with Gasteiger partial charge in [-0.15, -0.1) is 0 Å². The number of likely N-dealkylation sites (N-methyl/N-ethyl adjacent to an activating group) is 1. The van der Waals surface area contributed by atoms with Gasteiger partial charge in [-0.25, -0.2) is 13.1 Å². The Morgan fingerprint density at radius 1 is 1.25 bits per heavy atom. The minimum absolute atomic E-state index is 0.0426. The van der Waals surface area contributed by atoms with Crippen LogP contribution in [0.3, 0.4) is 0 Å². The third-order valence-electron chi connectivity index (χ3n) is 3.45. The maximum Gasteiger partial charge on any atom is 0.274 e. The third-order valence-corrected chi connectivity index (χ3v) is 4.85. The molecule has 0 unspecified atom stereocenters. The van der Waals surface area contributed by atoms with Gasteiger partial charge in [-0.2, -0.15) is 0 Å². The molecule has 0 amide bonds. The van der Waals surface area contributed by atoms with E-state index in [9.17, 15) is 8.42 Å². The van der Waals surface area contributed by atoms with E-state index < -0.39 is 10.0 Å². The molecule has 1 N–H and O–H groups in total. The summed E-state index contributed by atoms with van der Waals surface area (Å²) >= 11 is 0. The molecule has 1 aromatic carbocycles. The van der Waals surface area contributed by atoms with Crippen molar-refractivity contribution < 1.29 is 12.8 Å². The Balaban J connectivity index is 1.81. The Labute approximate surface area is 118 Å². The molecule has 3 rings (SSSR count). The van der Waals surface area contributed by atoms with Crippen LogP contribution in [0.25, 0.3) is 0 Å². The zero-order chi connectivity index (χ0) is 14.2. The fourth-order valence-corrected chi connectivity index (χ4v) is 3.74. The van der Waals surface area contributed by atoms with Crippen LogP contribution in [0.1, 0.15) is 5.56 Å². The summed E-state index contributed by atoms with van der Waals surface area (Å²) in [6.45, 7) is 0.636. The molecule has 6 heteroatoms. The van der Waals surface area contributed by atoms with Crippen LogP contribution < -0.4 is 9.62 Å². The van der Waals surface area contributed by atoms with Crippen molar-refractivity contribution in [1.29, 1.82) is 0 Å². The lowest BCUT2D eigenvalue weighted by Crippen LogP contribution is -2.46. The molecule has 0 bridgehead atoms. The van der Waals surface area contributed by atoms with E-state index in [4.69, 9.17) is 4.42 Å². The van der Waals surface area contributed by atoms with Crippen molar-refractivity contribution in [3.8, 4) is 0 Å². The molecule has 5 nitrogen and oxygen atoms in total. The molecule has 1 aromatic heterocycles. The molecule has 106 valence electrons. The first kappa shape index (κ1) is 13.2. The van der Waals surface area contributed by atoms with Crippen LogP contribution in [-0.2, 0) is 16.4 Å². The summed E-state index contributed by atoms with van der Waals surface area (Å²) in [5.41, 5.74) is 2.30. The normalized spacial score (nSPS) is 18.9. The second kappa shape index (κ2) is 4.96. The summed E-state index contributed by atoms with van der Waals surface area (Å²) < 4.78 is 32.0. The number of sulfonamides is 1. The molecular formula is C14H16N2O3S. The molecule has 20 heavy (non-hydrogen) atoms. The first-order valence-electron chi connectivity index (χ1n) is 6.41. The molecule has 1 aliphatic rings. The number of benzene rings is 1. The largest absolute Gasteiger partial charge is 0.452 e. The predicted molar refractivity (Wildman–Crippen MR) is 76.2 cm³/mol. The summed E-state index contributed by atoms with van der Waals surface area (Å²) in [6.07, 6.45) is 2.04. The zero-order valence-corrected chi connectivity index (χ0v) is 11.9. The van der Waals surface area contributed by atoms with Crippen molar-refractivity contribution in [3.63, 3.8) is 0 Å². The van der Waals surface area contributed by atoms with Gasteiger partial charge >= 0.3 is 0 Å². The van der Waals surface area contributed by atoms with Gasteiger partial charge in [0.15, 0.2) is 0 Å². The third kappa shape index (κ3) is 2.44. The smallest absolute Gasteiger partial charge is 0.274 e. The number of fused-ring (bicyclic) bond motifs is 1. The Kier molecular flexibility index (Phi) is 3.27. The van der Waals surface area contributed by atoms with E-state index in [-0.39, 0.29) is 11.1 Å². The van der Waals surface area contributed by atoms with Gasteiger partial charge < -0.3 is 9.32 Å². The van der Waals surface area contributed by atoms with Gasteiger partial charge in [0.1, 0.15) is 0 Å². The summed E-state index contributed by atoms with van der Waals surface area (Å²) in [4.78, 5) is 2.06. The minimum atomic E-state index is -3.59. The highest BCUT2D eigenvalue weighted by Gasteiger charge is 2.27. The molecule has 1 atom stereocenters. The number of hydrogen-bond donors (Lipinski definition) is 1.